The van der Waals surface area contributed by atoms with Crippen LogP contribution in [0.2, 0.25) is 0 Å². The Kier molecular flexibility index (Phi) is 5.32. The molecule has 0 aliphatic heterocycles. The lowest BCUT2D eigenvalue weighted by molar-refractivity contribution is 0.415. The van der Waals surface area contributed by atoms with Crippen molar-refractivity contribution in [3.05, 3.63) is 109 Å². The van der Waals surface area contributed by atoms with Crippen LogP contribution in [0.25, 0.3) is 11.1 Å². The van der Waals surface area contributed by atoms with Crippen LogP contribution >= 0.6 is 7.92 Å². The molecule has 0 amide bonds. The molecule has 4 aromatic carbocycles. The number of ether oxygens (including phenoxy) is 1. The molecule has 0 saturated heterocycles. The van der Waals surface area contributed by atoms with Gasteiger partial charge in [0.1, 0.15) is 5.75 Å². The van der Waals surface area contributed by atoms with Crippen molar-refractivity contribution in [2.45, 2.75) is 0 Å². The third-order valence-electron chi connectivity index (χ3n) is 4.56. The Hall–Kier alpha value is -2.89. The van der Waals surface area contributed by atoms with E-state index in [0.717, 1.165) is 5.75 Å². The van der Waals surface area contributed by atoms with Gasteiger partial charge in [-0.15, -0.1) is 0 Å². The summed E-state index contributed by atoms with van der Waals surface area (Å²) in [5.74, 6) is 0.893. The van der Waals surface area contributed by atoms with Crippen LogP contribution in [0.1, 0.15) is 0 Å². The molecule has 0 aliphatic rings. The second-order valence-electron chi connectivity index (χ2n) is 6.26. The predicted molar refractivity (Wildman–Crippen MR) is 117 cm³/mol. The third-order valence-corrected chi connectivity index (χ3v) is 7.04. The molecular weight excluding hydrogens is 347 g/mol. The lowest BCUT2D eigenvalue weighted by atomic mass is 10.1. The second kappa shape index (κ2) is 8.20. The summed E-state index contributed by atoms with van der Waals surface area (Å²) in [7, 11) is 1.04. The summed E-state index contributed by atoms with van der Waals surface area (Å²) >= 11 is 0. The van der Waals surface area contributed by atoms with Gasteiger partial charge in [-0.05, 0) is 47.1 Å². The van der Waals surface area contributed by atoms with Crippen molar-refractivity contribution in [3.8, 4) is 16.9 Å². The van der Waals surface area contributed by atoms with E-state index in [0.29, 0.717) is 0 Å². The van der Waals surface area contributed by atoms with Crippen molar-refractivity contribution < 1.29 is 4.74 Å². The summed E-state index contributed by atoms with van der Waals surface area (Å²) in [6, 6.07) is 38.6. The maximum absolute atomic E-state index is 5.58. The molecule has 0 bridgehead atoms. The molecule has 4 rings (SSSR count). The smallest absolute Gasteiger partial charge is 0.119 e. The van der Waals surface area contributed by atoms with Gasteiger partial charge < -0.3 is 4.74 Å². The fraction of sp³-hybridized carbons (Fsp3) is 0.0400. The SMILES string of the molecule is COc1ccc(-c2ccccc2)c(P(c2ccccc2)c2ccccc2)c1. The molecule has 4 aromatic rings. The van der Waals surface area contributed by atoms with Crippen LogP contribution in [0.15, 0.2) is 109 Å². The largest absolute Gasteiger partial charge is 0.497 e. The maximum Gasteiger partial charge on any atom is 0.119 e. The number of hydrogen-bond acceptors (Lipinski definition) is 1. The number of benzene rings is 4. The van der Waals surface area contributed by atoms with Crippen LogP contribution in [0.5, 0.6) is 5.75 Å². The Morgan fingerprint density at radius 3 is 1.63 bits per heavy atom. The second-order valence-corrected chi connectivity index (χ2v) is 8.44. The van der Waals surface area contributed by atoms with Crippen molar-refractivity contribution in [3.63, 3.8) is 0 Å². The fourth-order valence-corrected chi connectivity index (χ4v) is 5.76. The van der Waals surface area contributed by atoms with Gasteiger partial charge in [-0.3, -0.25) is 0 Å². The maximum atomic E-state index is 5.58. The van der Waals surface area contributed by atoms with E-state index in [1.54, 1.807) is 7.11 Å². The van der Waals surface area contributed by atoms with Gasteiger partial charge in [0.2, 0.25) is 0 Å². The van der Waals surface area contributed by atoms with Crippen LogP contribution in [0, 0.1) is 0 Å². The van der Waals surface area contributed by atoms with E-state index in [1.807, 2.05) is 0 Å². The summed E-state index contributed by atoms with van der Waals surface area (Å²) in [5.41, 5.74) is 2.49. The van der Waals surface area contributed by atoms with E-state index in [9.17, 15) is 0 Å². The zero-order valence-corrected chi connectivity index (χ0v) is 16.1. The Balaban J connectivity index is 1.97. The third kappa shape index (κ3) is 3.79. The van der Waals surface area contributed by atoms with Gasteiger partial charge >= 0.3 is 0 Å². The highest BCUT2D eigenvalue weighted by atomic mass is 31.1. The highest BCUT2D eigenvalue weighted by molar-refractivity contribution is 7.80. The van der Waals surface area contributed by atoms with E-state index in [-0.39, 0.29) is 0 Å². The molecule has 0 aromatic heterocycles. The van der Waals surface area contributed by atoms with Gasteiger partial charge in [0, 0.05) is 0 Å². The van der Waals surface area contributed by atoms with Gasteiger partial charge in [0.25, 0.3) is 0 Å². The van der Waals surface area contributed by atoms with E-state index >= 15 is 0 Å². The van der Waals surface area contributed by atoms with Crippen LogP contribution < -0.4 is 20.7 Å². The molecule has 132 valence electrons. The molecule has 0 saturated carbocycles. The Morgan fingerprint density at radius 1 is 0.593 bits per heavy atom. The molecule has 0 unspecified atom stereocenters. The minimum absolute atomic E-state index is 0.692. The molecule has 27 heavy (non-hydrogen) atoms. The zero-order chi connectivity index (χ0) is 18.5. The van der Waals surface area contributed by atoms with E-state index in [1.165, 1.54) is 27.0 Å². The van der Waals surface area contributed by atoms with E-state index in [4.69, 9.17) is 4.74 Å². The van der Waals surface area contributed by atoms with Crippen LogP contribution in [0.3, 0.4) is 0 Å². The number of methoxy groups -OCH3 is 1. The van der Waals surface area contributed by atoms with Crippen LogP contribution in [0.4, 0.5) is 0 Å². The molecule has 0 spiro atoms. The molecule has 0 atom stereocenters. The molecule has 2 heteroatoms. The summed E-state index contributed by atoms with van der Waals surface area (Å²) in [4.78, 5) is 0. The molecule has 0 aliphatic carbocycles. The van der Waals surface area contributed by atoms with Crippen molar-refractivity contribution in [1.82, 2.24) is 0 Å². The highest BCUT2D eigenvalue weighted by Gasteiger charge is 2.20. The average Bonchev–Trinajstić information content (AvgIpc) is 2.76. The van der Waals surface area contributed by atoms with E-state index < -0.39 is 7.92 Å². The standard InChI is InChI=1S/C25H21OP/c1-26-21-17-18-24(20-11-5-2-6-12-20)25(19-21)27(22-13-7-3-8-14-22)23-15-9-4-10-16-23/h2-19H,1H3. The van der Waals surface area contributed by atoms with Gasteiger partial charge in [0.05, 0.1) is 7.11 Å². The summed E-state index contributed by atoms with van der Waals surface area (Å²) in [5, 5.41) is 3.99. The summed E-state index contributed by atoms with van der Waals surface area (Å²) < 4.78 is 5.58. The van der Waals surface area contributed by atoms with Gasteiger partial charge in [0.15, 0.2) is 0 Å². The minimum atomic E-state index is -0.692. The zero-order valence-electron chi connectivity index (χ0n) is 15.2. The Morgan fingerprint density at radius 2 is 1.11 bits per heavy atom. The van der Waals surface area contributed by atoms with Crippen molar-refractivity contribution in [2.75, 3.05) is 7.11 Å². The van der Waals surface area contributed by atoms with Crippen molar-refractivity contribution in [2.24, 2.45) is 0 Å². The van der Waals surface area contributed by atoms with Crippen molar-refractivity contribution >= 4 is 23.8 Å². The lowest BCUT2D eigenvalue weighted by Gasteiger charge is -2.23. The number of hydrogen-bond donors (Lipinski definition) is 0. The van der Waals surface area contributed by atoms with Crippen LogP contribution in [-0.4, -0.2) is 7.11 Å². The van der Waals surface area contributed by atoms with Gasteiger partial charge in [-0.25, -0.2) is 0 Å². The minimum Gasteiger partial charge on any atom is -0.497 e. The first kappa shape index (κ1) is 17.5. The normalized spacial score (nSPS) is 10.7. The monoisotopic (exact) mass is 368 g/mol. The molecule has 1 nitrogen and oxygen atoms in total. The molecule has 0 radical (unpaired) electrons. The van der Waals surface area contributed by atoms with Crippen LogP contribution in [-0.2, 0) is 0 Å². The average molecular weight is 368 g/mol. The first-order valence-electron chi connectivity index (χ1n) is 9.00. The summed E-state index contributed by atoms with van der Waals surface area (Å²) in [6.07, 6.45) is 0. The first-order valence-corrected chi connectivity index (χ1v) is 10.3. The summed E-state index contributed by atoms with van der Waals surface area (Å²) in [6.45, 7) is 0. The Bertz CT molecular complexity index is 959. The lowest BCUT2D eigenvalue weighted by Crippen LogP contribution is -2.22. The Labute approximate surface area is 162 Å². The molecular formula is C25H21OP. The van der Waals surface area contributed by atoms with Gasteiger partial charge in [-0.2, -0.15) is 0 Å². The highest BCUT2D eigenvalue weighted by Crippen LogP contribution is 2.38. The van der Waals surface area contributed by atoms with E-state index in [2.05, 4.69) is 109 Å². The molecule has 0 heterocycles. The quantitative estimate of drug-likeness (QED) is 0.444. The number of rotatable bonds is 5. The van der Waals surface area contributed by atoms with Crippen molar-refractivity contribution in [1.29, 1.82) is 0 Å². The van der Waals surface area contributed by atoms with Gasteiger partial charge in [-0.1, -0.05) is 97.1 Å². The predicted octanol–water partition coefficient (Wildman–Crippen LogP) is 5.12. The fourth-order valence-electron chi connectivity index (χ4n) is 3.27. The molecule has 0 N–H and O–H groups in total. The first-order chi connectivity index (χ1) is 13.4. The topological polar surface area (TPSA) is 9.23 Å². The molecule has 0 fully saturated rings.